The van der Waals surface area contributed by atoms with Crippen LogP contribution in [0.1, 0.15) is 24.1 Å². The molecule has 0 radical (unpaired) electrons. The Balaban J connectivity index is 1.95. The van der Waals surface area contributed by atoms with Crippen molar-refractivity contribution < 1.29 is 13.9 Å². The standard InChI is InChI=1S/C18H21FN2O2/c1-12(17(20)14-6-4-3-5-7-14)18(22)21-11-13-8-9-16(23-2)15(19)10-13/h3-10,12,17H,11,20H2,1-2H3,(H,21,22). The molecule has 0 fully saturated rings. The normalized spacial score (nSPS) is 13.2. The van der Waals surface area contributed by atoms with Crippen LogP contribution < -0.4 is 15.8 Å². The first kappa shape index (κ1) is 17.0. The maximum absolute atomic E-state index is 13.6. The molecule has 0 bridgehead atoms. The monoisotopic (exact) mass is 316 g/mol. The molecule has 122 valence electrons. The highest BCUT2D eigenvalue weighted by atomic mass is 19.1. The maximum atomic E-state index is 13.6. The molecule has 0 saturated heterocycles. The van der Waals surface area contributed by atoms with Gasteiger partial charge in [-0.3, -0.25) is 4.79 Å². The highest BCUT2D eigenvalue weighted by Gasteiger charge is 2.21. The summed E-state index contributed by atoms with van der Waals surface area (Å²) >= 11 is 0. The first-order chi connectivity index (χ1) is 11.0. The van der Waals surface area contributed by atoms with Gasteiger partial charge in [-0.1, -0.05) is 43.3 Å². The van der Waals surface area contributed by atoms with Gasteiger partial charge in [0.05, 0.1) is 13.0 Å². The highest BCUT2D eigenvalue weighted by molar-refractivity contribution is 5.79. The minimum Gasteiger partial charge on any atom is -0.494 e. The van der Waals surface area contributed by atoms with E-state index < -0.39 is 5.82 Å². The quantitative estimate of drug-likeness (QED) is 0.861. The second-order valence-corrected chi connectivity index (χ2v) is 5.41. The van der Waals surface area contributed by atoms with Gasteiger partial charge in [0, 0.05) is 12.6 Å². The van der Waals surface area contributed by atoms with Crippen LogP contribution in [0.15, 0.2) is 48.5 Å². The Labute approximate surface area is 135 Å². The fraction of sp³-hybridized carbons (Fsp3) is 0.278. The van der Waals surface area contributed by atoms with E-state index in [-0.39, 0.29) is 30.2 Å². The molecule has 1 amide bonds. The van der Waals surface area contributed by atoms with Crippen LogP contribution in [-0.2, 0) is 11.3 Å². The van der Waals surface area contributed by atoms with Crippen LogP contribution in [0.2, 0.25) is 0 Å². The Morgan fingerprint density at radius 1 is 1.26 bits per heavy atom. The van der Waals surface area contributed by atoms with Crippen LogP contribution >= 0.6 is 0 Å². The number of rotatable bonds is 6. The van der Waals surface area contributed by atoms with Gasteiger partial charge in [-0.05, 0) is 23.3 Å². The molecule has 0 saturated carbocycles. The zero-order chi connectivity index (χ0) is 16.8. The fourth-order valence-corrected chi connectivity index (χ4v) is 2.30. The van der Waals surface area contributed by atoms with Crippen molar-refractivity contribution in [2.24, 2.45) is 11.7 Å². The van der Waals surface area contributed by atoms with Gasteiger partial charge < -0.3 is 15.8 Å². The number of hydrogen-bond donors (Lipinski definition) is 2. The summed E-state index contributed by atoms with van der Waals surface area (Å²) in [6.45, 7) is 2.02. The third-order valence-corrected chi connectivity index (χ3v) is 3.82. The molecule has 0 aliphatic carbocycles. The number of carbonyl (C=O) groups excluding carboxylic acids is 1. The number of amides is 1. The van der Waals surface area contributed by atoms with Crippen molar-refractivity contribution in [2.75, 3.05) is 7.11 Å². The van der Waals surface area contributed by atoms with Crippen molar-refractivity contribution in [2.45, 2.75) is 19.5 Å². The average molecular weight is 316 g/mol. The summed E-state index contributed by atoms with van der Waals surface area (Å²) in [7, 11) is 1.41. The van der Waals surface area contributed by atoms with Crippen LogP contribution in [0.4, 0.5) is 4.39 Å². The molecule has 0 heterocycles. The smallest absolute Gasteiger partial charge is 0.225 e. The second-order valence-electron chi connectivity index (χ2n) is 5.41. The van der Waals surface area contributed by atoms with E-state index in [0.29, 0.717) is 5.56 Å². The van der Waals surface area contributed by atoms with Gasteiger partial charge in [0.15, 0.2) is 11.6 Å². The number of halogens is 1. The van der Waals surface area contributed by atoms with Crippen molar-refractivity contribution >= 4 is 5.91 Å². The van der Waals surface area contributed by atoms with Crippen LogP contribution in [-0.4, -0.2) is 13.0 Å². The van der Waals surface area contributed by atoms with Gasteiger partial charge in [-0.15, -0.1) is 0 Å². The molecule has 2 aromatic rings. The Hall–Kier alpha value is -2.40. The van der Waals surface area contributed by atoms with Crippen LogP contribution in [0.3, 0.4) is 0 Å². The molecule has 2 unspecified atom stereocenters. The van der Waals surface area contributed by atoms with Gasteiger partial charge in [0.1, 0.15) is 0 Å². The lowest BCUT2D eigenvalue weighted by atomic mass is 9.94. The van der Waals surface area contributed by atoms with E-state index in [0.717, 1.165) is 5.56 Å². The molecule has 0 aliphatic heterocycles. The summed E-state index contributed by atoms with van der Waals surface area (Å²) in [6, 6.07) is 13.7. The van der Waals surface area contributed by atoms with Crippen molar-refractivity contribution in [1.29, 1.82) is 0 Å². The lowest BCUT2D eigenvalue weighted by Gasteiger charge is -2.20. The Morgan fingerprint density at radius 3 is 2.57 bits per heavy atom. The minimum atomic E-state index is -0.451. The number of ether oxygens (including phenoxy) is 1. The summed E-state index contributed by atoms with van der Waals surface area (Å²) < 4.78 is 18.5. The molecule has 0 aromatic heterocycles. The second kappa shape index (κ2) is 7.74. The van der Waals surface area contributed by atoms with E-state index in [1.165, 1.54) is 19.2 Å². The van der Waals surface area contributed by atoms with E-state index in [9.17, 15) is 9.18 Å². The molecule has 2 aromatic carbocycles. The van der Waals surface area contributed by atoms with Crippen molar-refractivity contribution in [3.05, 3.63) is 65.5 Å². The van der Waals surface area contributed by atoms with Crippen LogP contribution in [0, 0.1) is 11.7 Å². The van der Waals surface area contributed by atoms with Crippen LogP contribution in [0.25, 0.3) is 0 Å². The third kappa shape index (κ3) is 4.29. The molecule has 3 N–H and O–H groups in total. The molecule has 0 spiro atoms. The van der Waals surface area contributed by atoms with Crippen molar-refractivity contribution in [1.82, 2.24) is 5.32 Å². The fourth-order valence-electron chi connectivity index (χ4n) is 2.30. The summed E-state index contributed by atoms with van der Waals surface area (Å²) in [5.41, 5.74) is 7.71. The number of nitrogens with two attached hydrogens (primary N) is 1. The van der Waals surface area contributed by atoms with Crippen molar-refractivity contribution in [3.63, 3.8) is 0 Å². The zero-order valence-electron chi connectivity index (χ0n) is 13.3. The SMILES string of the molecule is COc1ccc(CNC(=O)C(C)C(N)c2ccccc2)cc1F. The van der Waals surface area contributed by atoms with Crippen molar-refractivity contribution in [3.8, 4) is 5.75 Å². The van der Waals surface area contributed by atoms with Gasteiger partial charge in [0.2, 0.25) is 5.91 Å². The summed E-state index contributed by atoms with van der Waals surface area (Å²) in [6.07, 6.45) is 0. The maximum Gasteiger partial charge on any atom is 0.225 e. The lowest BCUT2D eigenvalue weighted by molar-refractivity contribution is -0.125. The molecular weight excluding hydrogens is 295 g/mol. The molecule has 2 atom stereocenters. The summed E-state index contributed by atoms with van der Waals surface area (Å²) in [5, 5.41) is 2.79. The molecule has 23 heavy (non-hydrogen) atoms. The van der Waals surface area contributed by atoms with E-state index in [4.69, 9.17) is 10.5 Å². The van der Waals surface area contributed by atoms with Gasteiger partial charge in [-0.25, -0.2) is 4.39 Å². The van der Waals surface area contributed by atoms with Crippen LogP contribution in [0.5, 0.6) is 5.75 Å². The third-order valence-electron chi connectivity index (χ3n) is 3.82. The predicted molar refractivity (Wildman–Crippen MR) is 87.3 cm³/mol. The topological polar surface area (TPSA) is 64.3 Å². The van der Waals surface area contributed by atoms with Gasteiger partial charge in [0.25, 0.3) is 0 Å². The average Bonchev–Trinajstić information content (AvgIpc) is 2.59. The largest absolute Gasteiger partial charge is 0.494 e. The predicted octanol–water partition coefficient (Wildman–Crippen LogP) is 2.79. The zero-order valence-corrected chi connectivity index (χ0v) is 13.3. The number of nitrogens with one attached hydrogen (secondary N) is 1. The highest BCUT2D eigenvalue weighted by Crippen LogP contribution is 2.20. The van der Waals surface area contributed by atoms with E-state index in [2.05, 4.69) is 5.32 Å². The Kier molecular flexibility index (Phi) is 5.71. The minimum absolute atomic E-state index is 0.169. The van der Waals surface area contributed by atoms with E-state index in [1.54, 1.807) is 13.0 Å². The number of benzene rings is 2. The number of hydrogen-bond acceptors (Lipinski definition) is 3. The first-order valence-electron chi connectivity index (χ1n) is 7.43. The molecular formula is C18H21FN2O2. The van der Waals surface area contributed by atoms with Gasteiger partial charge in [-0.2, -0.15) is 0 Å². The molecule has 0 aliphatic rings. The summed E-state index contributed by atoms with van der Waals surface area (Å²) in [5.74, 6) is -0.828. The Bertz CT molecular complexity index is 661. The number of methoxy groups -OCH3 is 1. The number of carbonyl (C=O) groups is 1. The first-order valence-corrected chi connectivity index (χ1v) is 7.43. The molecule has 4 nitrogen and oxygen atoms in total. The van der Waals surface area contributed by atoms with E-state index in [1.807, 2.05) is 30.3 Å². The van der Waals surface area contributed by atoms with Gasteiger partial charge >= 0.3 is 0 Å². The Morgan fingerprint density at radius 2 is 1.96 bits per heavy atom. The lowest BCUT2D eigenvalue weighted by Crippen LogP contribution is -2.35. The van der Waals surface area contributed by atoms with E-state index >= 15 is 0 Å². The molecule has 2 rings (SSSR count). The molecule has 5 heteroatoms. The summed E-state index contributed by atoms with van der Waals surface area (Å²) in [4.78, 5) is 12.2.